The van der Waals surface area contributed by atoms with Crippen molar-refractivity contribution in [3.63, 3.8) is 0 Å². The Morgan fingerprint density at radius 2 is 2.00 bits per heavy atom. The Bertz CT molecular complexity index is 914. The average Bonchev–Trinajstić information content (AvgIpc) is 2.60. The lowest BCUT2D eigenvalue weighted by molar-refractivity contribution is -0.114. The minimum absolute atomic E-state index is 0.187. The number of aryl methyl sites for hydroxylation is 1. The lowest BCUT2D eigenvalue weighted by Gasteiger charge is -2.33. The number of nitrogens with zero attached hydrogens (tertiary/aromatic N) is 3. The number of methoxy groups -OCH3 is 1. The van der Waals surface area contributed by atoms with Crippen LogP contribution in [0.15, 0.2) is 18.3 Å². The first-order chi connectivity index (χ1) is 14.1. The first-order valence-electron chi connectivity index (χ1n) is 9.58. The van der Waals surface area contributed by atoms with Crippen molar-refractivity contribution < 1.29 is 23.0 Å². The Hall–Kier alpha value is -2.88. The highest BCUT2D eigenvalue weighted by Gasteiger charge is 2.30. The Labute approximate surface area is 173 Å². The number of alkyl halides is 2. The van der Waals surface area contributed by atoms with Crippen molar-refractivity contribution in [2.24, 2.45) is 5.92 Å². The molecule has 30 heavy (non-hydrogen) atoms. The second kappa shape index (κ2) is 8.86. The summed E-state index contributed by atoms with van der Waals surface area (Å²) in [7, 11) is 1.69. The highest BCUT2D eigenvalue weighted by atomic mass is 19.3. The summed E-state index contributed by atoms with van der Waals surface area (Å²) >= 11 is 0. The molecule has 0 unspecified atom stereocenters. The van der Waals surface area contributed by atoms with Crippen molar-refractivity contribution in [1.29, 1.82) is 0 Å². The molecular weight excluding hydrogens is 396 g/mol. The number of carbonyl (C=O) groups excluding carboxylic acids is 1. The van der Waals surface area contributed by atoms with Crippen LogP contribution in [-0.4, -0.2) is 40.7 Å². The lowest BCUT2D eigenvalue weighted by atomic mass is 9.83. The Balaban J connectivity index is 1.83. The Morgan fingerprint density at radius 1 is 1.27 bits per heavy atom. The van der Waals surface area contributed by atoms with Gasteiger partial charge in [0.2, 0.25) is 11.7 Å². The molecule has 10 heteroatoms. The van der Waals surface area contributed by atoms with Crippen molar-refractivity contribution in [2.45, 2.75) is 45.6 Å². The average molecular weight is 421 g/mol. The summed E-state index contributed by atoms with van der Waals surface area (Å²) in [6.07, 6.45) is 3.56. The van der Waals surface area contributed by atoms with Crippen LogP contribution in [0.1, 0.15) is 38.2 Å². The van der Waals surface area contributed by atoms with Gasteiger partial charge in [0.1, 0.15) is 11.6 Å². The largest absolute Gasteiger partial charge is 0.489 e. The second-order valence-corrected chi connectivity index (χ2v) is 7.48. The van der Waals surface area contributed by atoms with Crippen molar-refractivity contribution in [1.82, 2.24) is 15.0 Å². The van der Waals surface area contributed by atoms with Gasteiger partial charge < -0.3 is 20.1 Å². The minimum Gasteiger partial charge on any atom is -0.489 e. The van der Waals surface area contributed by atoms with Crippen molar-refractivity contribution >= 4 is 23.2 Å². The number of pyridine rings is 1. The quantitative estimate of drug-likeness (QED) is 0.669. The molecule has 8 nitrogen and oxygen atoms in total. The van der Waals surface area contributed by atoms with Crippen LogP contribution in [0.2, 0.25) is 0 Å². The predicted octanol–water partition coefficient (Wildman–Crippen LogP) is 3.80. The van der Waals surface area contributed by atoms with Gasteiger partial charge in [0, 0.05) is 38.8 Å². The molecule has 0 aliphatic heterocycles. The highest BCUT2D eigenvalue weighted by Crippen LogP contribution is 2.34. The van der Waals surface area contributed by atoms with Gasteiger partial charge in [-0.25, -0.2) is 15.0 Å². The number of anilines is 3. The van der Waals surface area contributed by atoms with Crippen molar-refractivity contribution in [2.75, 3.05) is 24.4 Å². The molecule has 2 heterocycles. The monoisotopic (exact) mass is 421 g/mol. The van der Waals surface area contributed by atoms with E-state index in [0.29, 0.717) is 35.5 Å². The van der Waals surface area contributed by atoms with E-state index in [2.05, 4.69) is 25.6 Å². The summed E-state index contributed by atoms with van der Waals surface area (Å²) in [6.45, 7) is 4.19. The number of hydrogen-bond donors (Lipinski definition) is 2. The summed E-state index contributed by atoms with van der Waals surface area (Å²) in [5.41, 5.74) is 0.836. The lowest BCUT2D eigenvalue weighted by Crippen LogP contribution is -2.34. The minimum atomic E-state index is -3.18. The van der Waals surface area contributed by atoms with Crippen LogP contribution < -0.4 is 15.4 Å². The van der Waals surface area contributed by atoms with Crippen molar-refractivity contribution in [3.8, 4) is 5.75 Å². The molecule has 2 aromatic heterocycles. The molecule has 0 bridgehead atoms. The Kier molecular flexibility index (Phi) is 6.45. The van der Waals surface area contributed by atoms with Crippen LogP contribution in [0.3, 0.4) is 0 Å². The van der Waals surface area contributed by atoms with Gasteiger partial charge in [-0.2, -0.15) is 8.78 Å². The summed E-state index contributed by atoms with van der Waals surface area (Å²) in [5.74, 6) is -2.77. The molecule has 0 radical (unpaired) electrons. The summed E-state index contributed by atoms with van der Waals surface area (Å²) in [4.78, 5) is 23.3. The number of amides is 1. The van der Waals surface area contributed by atoms with E-state index in [-0.39, 0.29) is 17.8 Å². The fraction of sp³-hybridized carbons (Fsp3) is 0.500. The van der Waals surface area contributed by atoms with E-state index in [0.717, 1.165) is 19.8 Å². The third kappa shape index (κ3) is 5.59. The van der Waals surface area contributed by atoms with E-state index in [9.17, 15) is 13.6 Å². The SMILES string of the molecule is COC1CC(COc2cnc(NC(C)=O)cc2Nc2cc(C)nc(C(C)(F)F)n2)C1. The first-order valence-corrected chi connectivity index (χ1v) is 9.58. The topological polar surface area (TPSA) is 98.3 Å². The third-order valence-corrected chi connectivity index (χ3v) is 4.68. The molecule has 0 atom stereocenters. The number of ether oxygens (including phenoxy) is 2. The van der Waals surface area contributed by atoms with Gasteiger partial charge in [-0.15, -0.1) is 0 Å². The molecule has 3 rings (SSSR count). The Morgan fingerprint density at radius 3 is 2.63 bits per heavy atom. The smallest absolute Gasteiger partial charge is 0.303 e. The molecule has 0 aromatic carbocycles. The van der Waals surface area contributed by atoms with Gasteiger partial charge in [0.15, 0.2) is 5.75 Å². The molecule has 162 valence electrons. The molecule has 1 fully saturated rings. The summed E-state index contributed by atoms with van der Waals surface area (Å²) < 4.78 is 38.6. The van der Waals surface area contributed by atoms with Gasteiger partial charge in [-0.3, -0.25) is 4.79 Å². The highest BCUT2D eigenvalue weighted by molar-refractivity contribution is 5.88. The number of aromatic nitrogens is 3. The van der Waals surface area contributed by atoms with E-state index >= 15 is 0 Å². The van der Waals surface area contributed by atoms with E-state index in [1.165, 1.54) is 13.1 Å². The van der Waals surface area contributed by atoms with Crippen LogP contribution >= 0.6 is 0 Å². The summed E-state index contributed by atoms with van der Waals surface area (Å²) in [6, 6.07) is 3.11. The van der Waals surface area contributed by atoms with Gasteiger partial charge in [0.25, 0.3) is 0 Å². The molecule has 1 aliphatic carbocycles. The van der Waals surface area contributed by atoms with Crippen LogP contribution in [0.5, 0.6) is 5.75 Å². The van der Waals surface area contributed by atoms with Crippen molar-refractivity contribution in [3.05, 3.63) is 29.8 Å². The fourth-order valence-electron chi connectivity index (χ4n) is 3.08. The maximum absolute atomic E-state index is 13.7. The van der Waals surface area contributed by atoms with Crippen LogP contribution in [0.4, 0.5) is 26.1 Å². The predicted molar refractivity (Wildman–Crippen MR) is 107 cm³/mol. The van der Waals surface area contributed by atoms with Crippen LogP contribution in [-0.2, 0) is 15.5 Å². The van der Waals surface area contributed by atoms with E-state index in [1.54, 1.807) is 26.2 Å². The third-order valence-electron chi connectivity index (χ3n) is 4.68. The number of hydrogen-bond acceptors (Lipinski definition) is 7. The molecule has 0 saturated heterocycles. The van der Waals surface area contributed by atoms with Crippen LogP contribution in [0.25, 0.3) is 0 Å². The fourth-order valence-corrected chi connectivity index (χ4v) is 3.08. The van der Waals surface area contributed by atoms with Gasteiger partial charge >= 0.3 is 5.92 Å². The first kappa shape index (κ1) is 21.8. The number of nitrogens with one attached hydrogen (secondary N) is 2. The van der Waals surface area contributed by atoms with E-state index in [4.69, 9.17) is 9.47 Å². The molecule has 2 aromatic rings. The number of rotatable bonds is 8. The summed E-state index contributed by atoms with van der Waals surface area (Å²) in [5, 5.41) is 5.58. The molecule has 2 N–H and O–H groups in total. The molecular formula is C20H25F2N5O3. The van der Waals surface area contributed by atoms with Gasteiger partial charge in [0.05, 0.1) is 24.6 Å². The molecule has 0 spiro atoms. The van der Waals surface area contributed by atoms with E-state index in [1.807, 2.05) is 0 Å². The maximum atomic E-state index is 13.7. The molecule has 1 saturated carbocycles. The van der Waals surface area contributed by atoms with Gasteiger partial charge in [-0.05, 0) is 25.7 Å². The zero-order valence-electron chi connectivity index (χ0n) is 17.3. The zero-order valence-corrected chi connectivity index (χ0v) is 17.3. The van der Waals surface area contributed by atoms with Crippen LogP contribution in [0, 0.1) is 12.8 Å². The number of halogens is 2. The molecule has 1 aliphatic rings. The second-order valence-electron chi connectivity index (χ2n) is 7.48. The van der Waals surface area contributed by atoms with Gasteiger partial charge in [-0.1, -0.05) is 0 Å². The zero-order chi connectivity index (χ0) is 21.9. The standard InChI is InChI=1S/C20H25F2N5O3/c1-11-5-18(27-19(24-11)20(3,21)22)26-15-8-17(25-12(2)28)23-9-16(15)30-10-13-6-14(7-13)29-4/h5,8-9,13-14H,6-7,10H2,1-4H3,(H2,23,24,25,26,27,28). The molecule has 1 amide bonds. The van der Waals surface area contributed by atoms with E-state index < -0.39 is 11.7 Å². The normalized spacial score (nSPS) is 18.5. The maximum Gasteiger partial charge on any atom is 0.303 e. The number of carbonyl (C=O) groups is 1.